The van der Waals surface area contributed by atoms with Gasteiger partial charge in [-0.2, -0.15) is 5.26 Å². The monoisotopic (exact) mass is 253 g/mol. The first-order chi connectivity index (χ1) is 9.13. The van der Waals surface area contributed by atoms with E-state index in [4.69, 9.17) is 15.4 Å². The van der Waals surface area contributed by atoms with E-state index < -0.39 is 0 Å². The molecule has 19 heavy (non-hydrogen) atoms. The van der Waals surface area contributed by atoms with Crippen LogP contribution in [0.15, 0.2) is 52.7 Å². The summed E-state index contributed by atoms with van der Waals surface area (Å²) in [6.07, 6.45) is 2.10. The molecule has 0 saturated heterocycles. The fraction of sp³-hybridized carbons (Fsp3) is 0.133. The first-order valence-electron chi connectivity index (χ1n) is 5.91. The van der Waals surface area contributed by atoms with Gasteiger partial charge in [-0.25, -0.2) is 0 Å². The summed E-state index contributed by atoms with van der Waals surface area (Å²) in [5.74, 6) is 1.21. The number of nitrogens with two attached hydrogens (primary N) is 1. The Hall–Kier alpha value is -2.67. The number of anilines is 1. The molecule has 0 amide bonds. The van der Waals surface area contributed by atoms with Gasteiger partial charge in [-0.05, 0) is 31.2 Å². The Bertz CT molecular complexity index is 689. The molecule has 1 aromatic heterocycles. The van der Waals surface area contributed by atoms with Gasteiger partial charge in [-0.3, -0.25) is 0 Å². The third-order valence-electron chi connectivity index (χ3n) is 2.73. The SMILES string of the molecule is C=CC/C(C#N)=C(\N)Nc1ccc2oc(C)cc2c1. The third kappa shape index (κ3) is 2.78. The van der Waals surface area contributed by atoms with Crippen LogP contribution in [-0.4, -0.2) is 0 Å². The molecule has 0 atom stereocenters. The van der Waals surface area contributed by atoms with Crippen molar-refractivity contribution in [2.75, 3.05) is 5.32 Å². The zero-order valence-electron chi connectivity index (χ0n) is 10.7. The molecule has 1 aromatic carbocycles. The fourth-order valence-electron chi connectivity index (χ4n) is 1.84. The Kier molecular flexibility index (Phi) is 3.58. The number of allylic oxidation sites excluding steroid dienone is 2. The van der Waals surface area contributed by atoms with Crippen molar-refractivity contribution in [1.82, 2.24) is 0 Å². The number of benzene rings is 1. The maximum absolute atomic E-state index is 8.99. The summed E-state index contributed by atoms with van der Waals surface area (Å²) in [5, 5.41) is 13.0. The maximum Gasteiger partial charge on any atom is 0.134 e. The van der Waals surface area contributed by atoms with Crippen molar-refractivity contribution in [2.45, 2.75) is 13.3 Å². The second-order valence-electron chi connectivity index (χ2n) is 4.23. The van der Waals surface area contributed by atoms with Crippen LogP contribution in [0.3, 0.4) is 0 Å². The van der Waals surface area contributed by atoms with Gasteiger partial charge in [-0.15, -0.1) is 6.58 Å². The highest BCUT2D eigenvalue weighted by Crippen LogP contribution is 2.23. The van der Waals surface area contributed by atoms with Gasteiger partial charge < -0.3 is 15.5 Å². The smallest absolute Gasteiger partial charge is 0.134 e. The number of furan rings is 1. The molecule has 0 saturated carbocycles. The lowest BCUT2D eigenvalue weighted by Crippen LogP contribution is -2.12. The minimum absolute atomic E-state index is 0.349. The van der Waals surface area contributed by atoms with Crippen molar-refractivity contribution in [1.29, 1.82) is 5.26 Å². The topological polar surface area (TPSA) is 75.0 Å². The molecule has 0 radical (unpaired) electrons. The molecule has 96 valence electrons. The van der Waals surface area contributed by atoms with Gasteiger partial charge in [0.15, 0.2) is 0 Å². The van der Waals surface area contributed by atoms with E-state index in [-0.39, 0.29) is 0 Å². The van der Waals surface area contributed by atoms with Crippen LogP contribution >= 0.6 is 0 Å². The summed E-state index contributed by atoms with van der Waals surface area (Å²) in [6, 6.07) is 9.69. The van der Waals surface area contributed by atoms with Crippen molar-refractivity contribution in [3.63, 3.8) is 0 Å². The largest absolute Gasteiger partial charge is 0.461 e. The summed E-state index contributed by atoms with van der Waals surface area (Å²) in [7, 11) is 0. The molecule has 0 aliphatic heterocycles. The van der Waals surface area contributed by atoms with Crippen LogP contribution in [0.2, 0.25) is 0 Å². The lowest BCUT2D eigenvalue weighted by atomic mass is 10.2. The van der Waals surface area contributed by atoms with Gasteiger partial charge >= 0.3 is 0 Å². The van der Waals surface area contributed by atoms with Crippen LogP contribution in [-0.2, 0) is 0 Å². The highest BCUT2D eigenvalue weighted by molar-refractivity contribution is 5.82. The minimum Gasteiger partial charge on any atom is -0.461 e. The van der Waals surface area contributed by atoms with Gasteiger partial charge in [0.2, 0.25) is 0 Å². The lowest BCUT2D eigenvalue weighted by Gasteiger charge is -2.08. The first-order valence-corrected chi connectivity index (χ1v) is 5.91. The summed E-state index contributed by atoms with van der Waals surface area (Å²) in [6.45, 7) is 5.50. The molecule has 0 aliphatic carbocycles. The van der Waals surface area contributed by atoms with E-state index in [0.29, 0.717) is 17.8 Å². The van der Waals surface area contributed by atoms with Gasteiger partial charge in [0.25, 0.3) is 0 Å². The van der Waals surface area contributed by atoms with Crippen LogP contribution < -0.4 is 11.1 Å². The molecular weight excluding hydrogens is 238 g/mol. The van der Waals surface area contributed by atoms with Gasteiger partial charge in [0, 0.05) is 17.5 Å². The molecule has 4 nitrogen and oxygen atoms in total. The lowest BCUT2D eigenvalue weighted by molar-refractivity contribution is 0.578. The van der Waals surface area contributed by atoms with Crippen molar-refractivity contribution >= 4 is 16.7 Å². The Balaban J connectivity index is 2.30. The number of hydrogen-bond donors (Lipinski definition) is 2. The molecule has 0 bridgehead atoms. The Morgan fingerprint density at radius 3 is 3.00 bits per heavy atom. The number of rotatable bonds is 4. The fourth-order valence-corrected chi connectivity index (χ4v) is 1.84. The molecule has 4 heteroatoms. The highest BCUT2D eigenvalue weighted by Gasteiger charge is 2.04. The Morgan fingerprint density at radius 1 is 1.53 bits per heavy atom. The quantitative estimate of drug-likeness (QED) is 0.646. The number of fused-ring (bicyclic) bond motifs is 1. The normalized spacial score (nSPS) is 11.8. The number of nitrogens with zero attached hydrogens (tertiary/aromatic N) is 1. The summed E-state index contributed by atoms with van der Waals surface area (Å²) >= 11 is 0. The van der Waals surface area contributed by atoms with E-state index in [1.165, 1.54) is 0 Å². The maximum atomic E-state index is 8.99. The Morgan fingerprint density at radius 2 is 2.32 bits per heavy atom. The first kappa shape index (κ1) is 12.8. The predicted molar refractivity (Wildman–Crippen MR) is 76.2 cm³/mol. The molecular formula is C15H15N3O. The zero-order valence-corrected chi connectivity index (χ0v) is 10.7. The zero-order chi connectivity index (χ0) is 13.8. The van der Waals surface area contributed by atoms with E-state index >= 15 is 0 Å². The van der Waals surface area contributed by atoms with E-state index in [1.54, 1.807) is 6.08 Å². The second kappa shape index (κ2) is 5.32. The Labute approximate surface area is 111 Å². The number of nitriles is 1. The number of hydrogen-bond acceptors (Lipinski definition) is 4. The second-order valence-corrected chi connectivity index (χ2v) is 4.23. The molecule has 2 aromatic rings. The average Bonchev–Trinajstić information content (AvgIpc) is 2.75. The van der Waals surface area contributed by atoms with E-state index in [0.717, 1.165) is 22.4 Å². The van der Waals surface area contributed by atoms with Crippen LogP contribution in [0.1, 0.15) is 12.2 Å². The molecule has 0 unspecified atom stereocenters. The standard InChI is InChI=1S/C15H15N3O/c1-3-4-11(9-16)15(17)18-13-5-6-14-12(8-13)7-10(2)19-14/h3,5-8,18H,1,4,17H2,2H3/b15-11-. The predicted octanol–water partition coefficient (Wildman–Crippen LogP) is 3.42. The van der Waals surface area contributed by atoms with Gasteiger partial charge in [0.05, 0.1) is 11.6 Å². The van der Waals surface area contributed by atoms with Gasteiger partial charge in [-0.1, -0.05) is 6.08 Å². The molecule has 2 rings (SSSR count). The third-order valence-corrected chi connectivity index (χ3v) is 2.73. The molecule has 0 spiro atoms. The molecule has 1 heterocycles. The van der Waals surface area contributed by atoms with Crippen molar-refractivity contribution in [2.24, 2.45) is 5.73 Å². The average molecular weight is 253 g/mol. The molecule has 0 fully saturated rings. The molecule has 0 aliphatic rings. The van der Waals surface area contributed by atoms with Crippen molar-refractivity contribution < 1.29 is 4.42 Å². The van der Waals surface area contributed by atoms with Crippen LogP contribution in [0.25, 0.3) is 11.0 Å². The van der Waals surface area contributed by atoms with Crippen molar-refractivity contribution in [3.8, 4) is 6.07 Å². The summed E-state index contributed by atoms with van der Waals surface area (Å²) in [5.41, 5.74) is 7.99. The molecule has 3 N–H and O–H groups in total. The van der Waals surface area contributed by atoms with Gasteiger partial charge in [0.1, 0.15) is 17.2 Å². The minimum atomic E-state index is 0.349. The van der Waals surface area contributed by atoms with Crippen molar-refractivity contribution in [3.05, 3.63) is 54.1 Å². The highest BCUT2D eigenvalue weighted by atomic mass is 16.3. The summed E-state index contributed by atoms with van der Waals surface area (Å²) in [4.78, 5) is 0. The van der Waals surface area contributed by atoms with E-state index in [2.05, 4.69) is 18.0 Å². The van der Waals surface area contributed by atoms with Crippen LogP contribution in [0.4, 0.5) is 5.69 Å². The van der Waals surface area contributed by atoms with Crippen LogP contribution in [0, 0.1) is 18.3 Å². The summed E-state index contributed by atoms with van der Waals surface area (Å²) < 4.78 is 5.50. The number of nitrogens with one attached hydrogen (secondary N) is 1. The number of aryl methyl sites for hydroxylation is 1. The van der Waals surface area contributed by atoms with E-state index in [1.807, 2.05) is 31.2 Å². The van der Waals surface area contributed by atoms with Crippen LogP contribution in [0.5, 0.6) is 0 Å². The van der Waals surface area contributed by atoms with E-state index in [9.17, 15) is 0 Å².